The number of hydrogen-bond acceptors (Lipinski definition) is 4. The molecule has 1 aromatic rings. The number of rotatable bonds is 6. The summed E-state index contributed by atoms with van der Waals surface area (Å²) in [4.78, 5) is 4.18. The fraction of sp³-hybridized carbons (Fsp3) is 0.643. The van der Waals surface area contributed by atoms with E-state index in [9.17, 15) is 0 Å². The standard InChI is InChI=1S/C14H22N2O2/c1-17-9-7-16-11-13-5-3-8-18-14(13)12-4-2-6-15-10-12/h2,4,6,10,13-14,16H,3,5,7-9,11H2,1H3. The number of aromatic nitrogens is 1. The monoisotopic (exact) mass is 250 g/mol. The smallest absolute Gasteiger partial charge is 0.0880 e. The fourth-order valence-corrected chi connectivity index (χ4v) is 2.43. The molecule has 1 aromatic heterocycles. The van der Waals surface area contributed by atoms with Gasteiger partial charge in [-0.15, -0.1) is 0 Å². The lowest BCUT2D eigenvalue weighted by Crippen LogP contribution is -2.33. The molecule has 1 fully saturated rings. The first-order valence-corrected chi connectivity index (χ1v) is 6.63. The van der Waals surface area contributed by atoms with Gasteiger partial charge >= 0.3 is 0 Å². The minimum atomic E-state index is 0.183. The van der Waals surface area contributed by atoms with Crippen LogP contribution in [-0.4, -0.2) is 38.4 Å². The first-order valence-electron chi connectivity index (χ1n) is 6.63. The fourth-order valence-electron chi connectivity index (χ4n) is 2.43. The van der Waals surface area contributed by atoms with E-state index in [-0.39, 0.29) is 6.10 Å². The Balaban J connectivity index is 1.90. The van der Waals surface area contributed by atoms with E-state index < -0.39 is 0 Å². The molecule has 0 aromatic carbocycles. The van der Waals surface area contributed by atoms with Gasteiger partial charge in [0.2, 0.25) is 0 Å². The van der Waals surface area contributed by atoms with Crippen LogP contribution in [0.4, 0.5) is 0 Å². The molecule has 0 radical (unpaired) electrons. The van der Waals surface area contributed by atoms with Crippen molar-refractivity contribution in [2.75, 3.05) is 33.4 Å². The molecule has 4 nitrogen and oxygen atoms in total. The zero-order valence-electron chi connectivity index (χ0n) is 11.0. The molecule has 18 heavy (non-hydrogen) atoms. The molecule has 0 aliphatic carbocycles. The molecule has 1 aliphatic rings. The van der Waals surface area contributed by atoms with Crippen molar-refractivity contribution in [2.24, 2.45) is 5.92 Å². The lowest BCUT2D eigenvalue weighted by atomic mass is 9.90. The molecule has 2 atom stereocenters. The highest BCUT2D eigenvalue weighted by Crippen LogP contribution is 2.32. The van der Waals surface area contributed by atoms with Gasteiger partial charge in [0.1, 0.15) is 0 Å². The molecular formula is C14H22N2O2. The van der Waals surface area contributed by atoms with E-state index in [0.717, 1.165) is 32.7 Å². The molecule has 4 heteroatoms. The zero-order chi connectivity index (χ0) is 12.6. The van der Waals surface area contributed by atoms with Crippen LogP contribution in [0.3, 0.4) is 0 Å². The summed E-state index contributed by atoms with van der Waals surface area (Å²) in [5, 5.41) is 3.43. The number of nitrogens with zero attached hydrogens (tertiary/aromatic N) is 1. The summed E-state index contributed by atoms with van der Waals surface area (Å²) >= 11 is 0. The number of methoxy groups -OCH3 is 1. The summed E-state index contributed by atoms with van der Waals surface area (Å²) in [5.41, 5.74) is 1.19. The third-order valence-corrected chi connectivity index (χ3v) is 3.35. The van der Waals surface area contributed by atoms with E-state index in [1.807, 2.05) is 12.3 Å². The first-order chi connectivity index (χ1) is 8.92. The predicted molar refractivity (Wildman–Crippen MR) is 70.4 cm³/mol. The van der Waals surface area contributed by atoms with Crippen molar-refractivity contribution in [1.29, 1.82) is 0 Å². The van der Waals surface area contributed by atoms with Crippen LogP contribution in [-0.2, 0) is 9.47 Å². The van der Waals surface area contributed by atoms with Crippen LogP contribution in [0.1, 0.15) is 24.5 Å². The predicted octanol–water partition coefficient (Wildman–Crippen LogP) is 1.79. The molecular weight excluding hydrogens is 228 g/mol. The molecule has 0 saturated carbocycles. The summed E-state index contributed by atoms with van der Waals surface area (Å²) in [6, 6.07) is 4.08. The van der Waals surface area contributed by atoms with E-state index >= 15 is 0 Å². The number of nitrogens with one attached hydrogen (secondary N) is 1. The topological polar surface area (TPSA) is 43.4 Å². The Labute approximate surface area is 109 Å². The van der Waals surface area contributed by atoms with Gasteiger partial charge < -0.3 is 14.8 Å². The second-order valence-electron chi connectivity index (χ2n) is 4.68. The molecule has 0 amide bonds. The molecule has 1 aliphatic heterocycles. The van der Waals surface area contributed by atoms with Gasteiger partial charge in [0.25, 0.3) is 0 Å². The van der Waals surface area contributed by atoms with Crippen LogP contribution in [0.15, 0.2) is 24.5 Å². The summed E-state index contributed by atoms with van der Waals surface area (Å²) in [6.07, 6.45) is 6.26. The van der Waals surface area contributed by atoms with Gasteiger partial charge in [-0.1, -0.05) is 6.07 Å². The third-order valence-electron chi connectivity index (χ3n) is 3.35. The maximum atomic E-state index is 5.92. The Morgan fingerprint density at radius 2 is 2.50 bits per heavy atom. The van der Waals surface area contributed by atoms with E-state index in [1.54, 1.807) is 13.3 Å². The van der Waals surface area contributed by atoms with Crippen molar-refractivity contribution in [1.82, 2.24) is 10.3 Å². The van der Waals surface area contributed by atoms with Crippen LogP contribution in [0.5, 0.6) is 0 Å². The molecule has 1 saturated heterocycles. The largest absolute Gasteiger partial charge is 0.383 e. The van der Waals surface area contributed by atoms with Crippen LogP contribution in [0.25, 0.3) is 0 Å². The summed E-state index contributed by atoms with van der Waals surface area (Å²) < 4.78 is 11.0. The van der Waals surface area contributed by atoms with Crippen molar-refractivity contribution in [3.63, 3.8) is 0 Å². The van der Waals surface area contributed by atoms with Crippen LogP contribution in [0.2, 0.25) is 0 Å². The van der Waals surface area contributed by atoms with E-state index in [4.69, 9.17) is 9.47 Å². The van der Waals surface area contributed by atoms with Crippen molar-refractivity contribution < 1.29 is 9.47 Å². The highest BCUT2D eigenvalue weighted by Gasteiger charge is 2.27. The van der Waals surface area contributed by atoms with Gasteiger partial charge in [0, 0.05) is 45.1 Å². The molecule has 1 N–H and O–H groups in total. The van der Waals surface area contributed by atoms with Crippen LogP contribution in [0, 0.1) is 5.92 Å². The Kier molecular flexibility index (Phi) is 5.58. The Hall–Kier alpha value is -0.970. The highest BCUT2D eigenvalue weighted by atomic mass is 16.5. The molecule has 0 spiro atoms. The molecule has 100 valence electrons. The van der Waals surface area contributed by atoms with Crippen LogP contribution >= 0.6 is 0 Å². The zero-order valence-corrected chi connectivity index (χ0v) is 11.0. The van der Waals surface area contributed by atoms with Gasteiger partial charge in [-0.25, -0.2) is 0 Å². The lowest BCUT2D eigenvalue weighted by Gasteiger charge is -2.32. The minimum Gasteiger partial charge on any atom is -0.383 e. The lowest BCUT2D eigenvalue weighted by molar-refractivity contribution is -0.0282. The average Bonchev–Trinajstić information content (AvgIpc) is 2.45. The highest BCUT2D eigenvalue weighted by molar-refractivity contribution is 5.13. The van der Waals surface area contributed by atoms with Gasteiger partial charge in [-0.2, -0.15) is 0 Å². The third kappa shape index (κ3) is 3.77. The summed E-state index contributed by atoms with van der Waals surface area (Å²) in [5.74, 6) is 0.528. The number of pyridine rings is 1. The Bertz CT molecular complexity index is 332. The maximum Gasteiger partial charge on any atom is 0.0880 e. The van der Waals surface area contributed by atoms with E-state index in [2.05, 4.69) is 16.4 Å². The number of hydrogen-bond donors (Lipinski definition) is 1. The van der Waals surface area contributed by atoms with Crippen LogP contribution < -0.4 is 5.32 Å². The maximum absolute atomic E-state index is 5.92. The molecule has 0 bridgehead atoms. The van der Waals surface area contributed by atoms with E-state index in [1.165, 1.54) is 12.0 Å². The molecule has 2 unspecified atom stereocenters. The second kappa shape index (κ2) is 7.46. The van der Waals surface area contributed by atoms with Crippen molar-refractivity contribution in [3.05, 3.63) is 30.1 Å². The summed E-state index contributed by atoms with van der Waals surface area (Å²) in [6.45, 7) is 3.48. The molecule has 2 heterocycles. The van der Waals surface area contributed by atoms with Crippen molar-refractivity contribution in [3.8, 4) is 0 Å². The Morgan fingerprint density at radius 1 is 1.56 bits per heavy atom. The minimum absolute atomic E-state index is 0.183. The van der Waals surface area contributed by atoms with Gasteiger partial charge in [0.15, 0.2) is 0 Å². The first kappa shape index (κ1) is 13.5. The van der Waals surface area contributed by atoms with Gasteiger partial charge in [-0.05, 0) is 24.5 Å². The van der Waals surface area contributed by atoms with Gasteiger partial charge in [-0.3, -0.25) is 4.98 Å². The Morgan fingerprint density at radius 3 is 3.28 bits per heavy atom. The SMILES string of the molecule is COCCNCC1CCCOC1c1cccnc1. The molecule has 2 rings (SSSR count). The number of ether oxygens (including phenoxy) is 2. The second-order valence-corrected chi connectivity index (χ2v) is 4.68. The van der Waals surface area contributed by atoms with E-state index in [0.29, 0.717) is 5.92 Å². The van der Waals surface area contributed by atoms with Crippen molar-refractivity contribution in [2.45, 2.75) is 18.9 Å². The normalized spacial score (nSPS) is 24.1. The quantitative estimate of drug-likeness (QED) is 0.782. The average molecular weight is 250 g/mol. The van der Waals surface area contributed by atoms with Crippen molar-refractivity contribution >= 4 is 0 Å². The summed E-state index contributed by atoms with van der Waals surface area (Å²) in [7, 11) is 1.73. The van der Waals surface area contributed by atoms with Gasteiger partial charge in [0.05, 0.1) is 12.7 Å².